The van der Waals surface area contributed by atoms with Crippen molar-refractivity contribution in [3.63, 3.8) is 0 Å². The molecule has 3 nitrogen and oxygen atoms in total. The van der Waals surface area contributed by atoms with Gasteiger partial charge < -0.3 is 10.1 Å². The minimum absolute atomic E-state index is 0.0953. The van der Waals surface area contributed by atoms with Gasteiger partial charge in [-0.25, -0.2) is 0 Å². The van der Waals surface area contributed by atoms with Crippen molar-refractivity contribution >= 4 is 0 Å². The van der Waals surface area contributed by atoms with E-state index in [1.807, 2.05) is 13.0 Å². The number of hydrogen-bond donors (Lipinski definition) is 1. The molecule has 1 aromatic heterocycles. The lowest BCUT2D eigenvalue weighted by Gasteiger charge is -2.23. The Balaban J connectivity index is 2.55. The molecular formula is C18H24N2O. The second-order valence-electron chi connectivity index (χ2n) is 5.36. The van der Waals surface area contributed by atoms with Crippen LogP contribution in [-0.4, -0.2) is 18.6 Å². The summed E-state index contributed by atoms with van der Waals surface area (Å²) in [7, 11) is 1.72. The zero-order valence-electron chi connectivity index (χ0n) is 13.5. The molecule has 0 amide bonds. The number of methoxy groups -OCH3 is 1. The molecule has 3 heteroatoms. The van der Waals surface area contributed by atoms with Crippen molar-refractivity contribution < 1.29 is 4.74 Å². The van der Waals surface area contributed by atoms with E-state index >= 15 is 0 Å². The van der Waals surface area contributed by atoms with E-state index in [9.17, 15) is 0 Å². The SMILES string of the molecule is CCNC(c1cc(C)ccc1OC)c1ccc(C)nc1C. The van der Waals surface area contributed by atoms with Crippen LogP contribution in [0.4, 0.5) is 0 Å². The molecule has 0 saturated carbocycles. The number of benzene rings is 1. The summed E-state index contributed by atoms with van der Waals surface area (Å²) in [5, 5.41) is 3.56. The fourth-order valence-corrected chi connectivity index (χ4v) is 2.67. The largest absolute Gasteiger partial charge is 0.496 e. The summed E-state index contributed by atoms with van der Waals surface area (Å²) in [6, 6.07) is 10.6. The highest BCUT2D eigenvalue weighted by Crippen LogP contribution is 2.32. The minimum Gasteiger partial charge on any atom is -0.496 e. The Morgan fingerprint density at radius 3 is 2.48 bits per heavy atom. The maximum Gasteiger partial charge on any atom is 0.124 e. The van der Waals surface area contributed by atoms with E-state index in [2.05, 4.69) is 55.3 Å². The monoisotopic (exact) mass is 284 g/mol. The first kappa shape index (κ1) is 15.5. The molecule has 0 radical (unpaired) electrons. The number of aromatic nitrogens is 1. The second kappa shape index (κ2) is 6.72. The maximum atomic E-state index is 5.55. The van der Waals surface area contributed by atoms with Gasteiger partial charge in [0.15, 0.2) is 0 Å². The summed E-state index contributed by atoms with van der Waals surface area (Å²) >= 11 is 0. The van der Waals surface area contributed by atoms with Crippen molar-refractivity contribution in [2.45, 2.75) is 33.7 Å². The summed E-state index contributed by atoms with van der Waals surface area (Å²) < 4.78 is 5.55. The number of aryl methyl sites for hydroxylation is 3. The molecule has 1 N–H and O–H groups in total. The van der Waals surface area contributed by atoms with Gasteiger partial charge in [-0.05, 0) is 45.0 Å². The van der Waals surface area contributed by atoms with Gasteiger partial charge in [-0.1, -0.05) is 30.7 Å². The smallest absolute Gasteiger partial charge is 0.124 e. The van der Waals surface area contributed by atoms with E-state index in [0.717, 1.165) is 29.2 Å². The third kappa shape index (κ3) is 3.42. The summed E-state index contributed by atoms with van der Waals surface area (Å²) in [6.07, 6.45) is 0. The lowest BCUT2D eigenvalue weighted by Crippen LogP contribution is -2.24. The number of hydrogen-bond acceptors (Lipinski definition) is 3. The Morgan fingerprint density at radius 2 is 1.86 bits per heavy atom. The van der Waals surface area contributed by atoms with Gasteiger partial charge in [0.2, 0.25) is 0 Å². The summed E-state index contributed by atoms with van der Waals surface area (Å²) in [5.41, 5.74) is 5.69. The standard InChI is InChI=1S/C18H24N2O/c1-6-19-18(15-9-8-13(3)20-14(15)4)16-11-12(2)7-10-17(16)21-5/h7-11,18-19H,6H2,1-5H3. The minimum atomic E-state index is 0.0953. The van der Waals surface area contributed by atoms with E-state index in [-0.39, 0.29) is 6.04 Å². The van der Waals surface area contributed by atoms with Crippen molar-refractivity contribution in [2.75, 3.05) is 13.7 Å². The predicted molar refractivity (Wildman–Crippen MR) is 87.0 cm³/mol. The molecule has 0 aliphatic carbocycles. The molecule has 0 aliphatic heterocycles. The fourth-order valence-electron chi connectivity index (χ4n) is 2.67. The molecule has 2 aromatic rings. The third-order valence-corrected chi connectivity index (χ3v) is 3.68. The van der Waals surface area contributed by atoms with Crippen LogP contribution in [0, 0.1) is 20.8 Å². The van der Waals surface area contributed by atoms with Gasteiger partial charge in [-0.3, -0.25) is 4.98 Å². The third-order valence-electron chi connectivity index (χ3n) is 3.68. The summed E-state index contributed by atoms with van der Waals surface area (Å²) in [4.78, 5) is 4.60. The van der Waals surface area contributed by atoms with Gasteiger partial charge >= 0.3 is 0 Å². The highest BCUT2D eigenvalue weighted by molar-refractivity contribution is 5.44. The van der Waals surface area contributed by atoms with E-state index in [1.54, 1.807) is 7.11 Å². The van der Waals surface area contributed by atoms with Gasteiger partial charge in [-0.15, -0.1) is 0 Å². The lowest BCUT2D eigenvalue weighted by atomic mass is 9.95. The molecule has 2 rings (SSSR count). The molecule has 0 aliphatic rings. The first-order valence-electron chi connectivity index (χ1n) is 7.38. The van der Waals surface area contributed by atoms with Gasteiger partial charge in [-0.2, -0.15) is 0 Å². The van der Waals surface area contributed by atoms with Crippen molar-refractivity contribution in [3.05, 3.63) is 58.4 Å². The molecule has 1 aromatic carbocycles. The Bertz CT molecular complexity index is 623. The van der Waals surface area contributed by atoms with Crippen molar-refractivity contribution in [3.8, 4) is 5.75 Å². The molecule has 1 atom stereocenters. The summed E-state index contributed by atoms with van der Waals surface area (Å²) in [5.74, 6) is 0.909. The number of ether oxygens (including phenoxy) is 1. The maximum absolute atomic E-state index is 5.55. The van der Waals surface area contributed by atoms with Crippen LogP contribution in [0.5, 0.6) is 5.75 Å². The Kier molecular flexibility index (Phi) is 4.97. The van der Waals surface area contributed by atoms with Crippen molar-refractivity contribution in [1.82, 2.24) is 10.3 Å². The number of nitrogens with zero attached hydrogens (tertiary/aromatic N) is 1. The van der Waals surface area contributed by atoms with Crippen LogP contribution in [-0.2, 0) is 0 Å². The zero-order chi connectivity index (χ0) is 15.4. The van der Waals surface area contributed by atoms with Crippen molar-refractivity contribution in [2.24, 2.45) is 0 Å². The first-order chi connectivity index (χ1) is 10.1. The molecule has 0 spiro atoms. The van der Waals surface area contributed by atoms with Crippen LogP contribution in [0.3, 0.4) is 0 Å². The normalized spacial score (nSPS) is 12.2. The summed E-state index contributed by atoms with van der Waals surface area (Å²) in [6.45, 7) is 9.19. The first-order valence-corrected chi connectivity index (χ1v) is 7.38. The fraction of sp³-hybridized carbons (Fsp3) is 0.389. The topological polar surface area (TPSA) is 34.1 Å². The molecule has 0 bridgehead atoms. The van der Waals surface area contributed by atoms with Crippen LogP contribution in [0.15, 0.2) is 30.3 Å². The molecule has 21 heavy (non-hydrogen) atoms. The van der Waals surface area contributed by atoms with Crippen molar-refractivity contribution in [1.29, 1.82) is 0 Å². The van der Waals surface area contributed by atoms with Gasteiger partial charge in [0.1, 0.15) is 5.75 Å². The van der Waals surface area contributed by atoms with Crippen LogP contribution in [0.1, 0.15) is 41.0 Å². The van der Waals surface area contributed by atoms with Gasteiger partial charge in [0, 0.05) is 17.0 Å². The number of rotatable bonds is 5. The molecule has 1 unspecified atom stereocenters. The van der Waals surface area contributed by atoms with Crippen LogP contribution in [0.2, 0.25) is 0 Å². The van der Waals surface area contributed by atoms with Gasteiger partial charge in [0.05, 0.1) is 13.2 Å². The Morgan fingerprint density at radius 1 is 1.10 bits per heavy atom. The van der Waals surface area contributed by atoms with Crippen LogP contribution < -0.4 is 10.1 Å². The quantitative estimate of drug-likeness (QED) is 0.908. The lowest BCUT2D eigenvalue weighted by molar-refractivity contribution is 0.404. The predicted octanol–water partition coefficient (Wildman–Crippen LogP) is 3.71. The Labute approximate surface area is 127 Å². The van der Waals surface area contributed by atoms with E-state index < -0.39 is 0 Å². The molecule has 112 valence electrons. The van der Waals surface area contributed by atoms with E-state index in [1.165, 1.54) is 11.1 Å². The molecule has 0 fully saturated rings. The number of pyridine rings is 1. The number of nitrogens with one attached hydrogen (secondary N) is 1. The van der Waals surface area contributed by atoms with Gasteiger partial charge in [0.25, 0.3) is 0 Å². The highest BCUT2D eigenvalue weighted by Gasteiger charge is 2.19. The van der Waals surface area contributed by atoms with E-state index in [4.69, 9.17) is 4.74 Å². The molecule has 0 saturated heterocycles. The second-order valence-corrected chi connectivity index (χ2v) is 5.36. The average Bonchev–Trinajstić information content (AvgIpc) is 2.45. The highest BCUT2D eigenvalue weighted by atomic mass is 16.5. The molecule has 1 heterocycles. The average molecular weight is 284 g/mol. The Hall–Kier alpha value is -1.87. The molecular weight excluding hydrogens is 260 g/mol. The van der Waals surface area contributed by atoms with E-state index in [0.29, 0.717) is 0 Å². The zero-order valence-corrected chi connectivity index (χ0v) is 13.5. The van der Waals surface area contributed by atoms with Crippen LogP contribution >= 0.6 is 0 Å². The van der Waals surface area contributed by atoms with Crippen LogP contribution in [0.25, 0.3) is 0 Å².